The standard InChI is InChI=1S/C14H17NO4/c1-8-5-10(14(18)19)6-11-12(9(2)17)7-15(3-4-16)13(8)11/h5-7,9,16-17H,3-4H2,1-2H3,(H,18,19). The molecule has 1 aromatic carbocycles. The number of hydrogen-bond acceptors (Lipinski definition) is 3. The summed E-state index contributed by atoms with van der Waals surface area (Å²) in [6, 6.07) is 3.17. The molecular formula is C14H17NO4. The number of fused-ring (bicyclic) bond motifs is 1. The monoisotopic (exact) mass is 263 g/mol. The molecule has 3 N–H and O–H groups in total. The number of aromatic carboxylic acids is 1. The predicted octanol–water partition coefficient (Wildman–Crippen LogP) is 1.69. The number of aliphatic hydroxyl groups is 2. The summed E-state index contributed by atoms with van der Waals surface area (Å²) < 4.78 is 1.85. The maximum absolute atomic E-state index is 11.1. The Morgan fingerprint density at radius 3 is 2.63 bits per heavy atom. The average molecular weight is 263 g/mol. The molecule has 1 aromatic heterocycles. The summed E-state index contributed by atoms with van der Waals surface area (Å²) in [6.45, 7) is 3.87. The number of nitrogens with zero attached hydrogens (tertiary/aromatic N) is 1. The molecule has 1 atom stereocenters. The molecule has 0 saturated carbocycles. The van der Waals surface area contributed by atoms with E-state index in [9.17, 15) is 9.90 Å². The first-order chi connectivity index (χ1) is 8.95. The average Bonchev–Trinajstić information content (AvgIpc) is 2.69. The number of rotatable bonds is 4. The third-order valence-electron chi connectivity index (χ3n) is 3.23. The van der Waals surface area contributed by atoms with Gasteiger partial charge in [-0.05, 0) is 31.5 Å². The molecule has 5 heteroatoms. The van der Waals surface area contributed by atoms with Crippen molar-refractivity contribution in [3.63, 3.8) is 0 Å². The van der Waals surface area contributed by atoms with Crippen molar-refractivity contribution >= 4 is 16.9 Å². The van der Waals surface area contributed by atoms with Gasteiger partial charge in [-0.15, -0.1) is 0 Å². The van der Waals surface area contributed by atoms with Crippen molar-refractivity contribution in [3.05, 3.63) is 35.0 Å². The number of aliphatic hydroxyl groups excluding tert-OH is 2. The molecule has 1 heterocycles. The van der Waals surface area contributed by atoms with Crippen LogP contribution < -0.4 is 0 Å². The van der Waals surface area contributed by atoms with Crippen LogP contribution in [0.2, 0.25) is 0 Å². The maximum atomic E-state index is 11.1. The molecule has 0 aliphatic carbocycles. The van der Waals surface area contributed by atoms with Crippen molar-refractivity contribution in [2.75, 3.05) is 6.61 Å². The van der Waals surface area contributed by atoms with Crippen LogP contribution in [0.25, 0.3) is 10.9 Å². The first kappa shape index (κ1) is 13.6. The summed E-state index contributed by atoms with van der Waals surface area (Å²) in [5, 5.41) is 28.7. The van der Waals surface area contributed by atoms with Gasteiger partial charge >= 0.3 is 5.97 Å². The van der Waals surface area contributed by atoms with E-state index >= 15 is 0 Å². The second-order valence-electron chi connectivity index (χ2n) is 4.67. The normalized spacial score (nSPS) is 12.8. The molecule has 1 unspecified atom stereocenters. The number of carboxylic acids is 1. The van der Waals surface area contributed by atoms with Crippen molar-refractivity contribution in [1.29, 1.82) is 0 Å². The lowest BCUT2D eigenvalue weighted by atomic mass is 10.0. The van der Waals surface area contributed by atoms with Crippen molar-refractivity contribution < 1.29 is 20.1 Å². The van der Waals surface area contributed by atoms with Gasteiger partial charge in [-0.1, -0.05) is 0 Å². The SMILES string of the molecule is Cc1cc(C(=O)O)cc2c(C(C)O)cn(CCO)c12. The lowest BCUT2D eigenvalue weighted by Crippen LogP contribution is -2.02. The van der Waals surface area contributed by atoms with E-state index in [1.165, 1.54) is 0 Å². The molecule has 0 aliphatic rings. The zero-order valence-corrected chi connectivity index (χ0v) is 10.9. The van der Waals surface area contributed by atoms with E-state index in [1.54, 1.807) is 25.3 Å². The fourth-order valence-electron chi connectivity index (χ4n) is 2.42. The Hall–Kier alpha value is -1.85. The molecule has 0 fully saturated rings. The Labute approximate surface area is 110 Å². The molecule has 0 radical (unpaired) electrons. The van der Waals surface area contributed by atoms with Gasteiger partial charge in [0, 0.05) is 23.7 Å². The summed E-state index contributed by atoms with van der Waals surface area (Å²) in [7, 11) is 0. The van der Waals surface area contributed by atoms with Gasteiger partial charge in [0.05, 0.1) is 23.8 Å². The van der Waals surface area contributed by atoms with Gasteiger partial charge in [0.15, 0.2) is 0 Å². The highest BCUT2D eigenvalue weighted by atomic mass is 16.4. The van der Waals surface area contributed by atoms with Crippen molar-refractivity contribution in [1.82, 2.24) is 4.57 Å². The topological polar surface area (TPSA) is 82.7 Å². The Morgan fingerprint density at radius 2 is 2.11 bits per heavy atom. The van der Waals surface area contributed by atoms with Crippen LogP contribution in [0.1, 0.15) is 34.5 Å². The minimum absolute atomic E-state index is 0.0108. The number of carboxylic acid groups (broad SMARTS) is 1. The van der Waals surface area contributed by atoms with Crippen LogP contribution in [0.3, 0.4) is 0 Å². The lowest BCUT2D eigenvalue weighted by molar-refractivity contribution is 0.0697. The number of hydrogen-bond donors (Lipinski definition) is 3. The zero-order chi connectivity index (χ0) is 14.2. The minimum Gasteiger partial charge on any atom is -0.478 e. The quantitative estimate of drug-likeness (QED) is 0.784. The fraction of sp³-hybridized carbons (Fsp3) is 0.357. The van der Waals surface area contributed by atoms with Crippen LogP contribution >= 0.6 is 0 Å². The van der Waals surface area contributed by atoms with Crippen molar-refractivity contribution in [3.8, 4) is 0 Å². The Kier molecular flexibility index (Phi) is 3.59. The third-order valence-corrected chi connectivity index (χ3v) is 3.23. The predicted molar refractivity (Wildman–Crippen MR) is 71.4 cm³/mol. The first-order valence-electron chi connectivity index (χ1n) is 6.11. The van der Waals surface area contributed by atoms with E-state index in [0.29, 0.717) is 12.1 Å². The molecule has 0 spiro atoms. The summed E-state index contributed by atoms with van der Waals surface area (Å²) in [6.07, 6.45) is 1.08. The highest BCUT2D eigenvalue weighted by Gasteiger charge is 2.16. The molecule has 0 aliphatic heterocycles. The van der Waals surface area contributed by atoms with Crippen LogP contribution in [0, 0.1) is 6.92 Å². The Morgan fingerprint density at radius 1 is 1.42 bits per heavy atom. The van der Waals surface area contributed by atoms with E-state index in [-0.39, 0.29) is 12.2 Å². The zero-order valence-electron chi connectivity index (χ0n) is 10.9. The summed E-state index contributed by atoms with van der Waals surface area (Å²) >= 11 is 0. The number of aromatic nitrogens is 1. The summed E-state index contributed by atoms with van der Waals surface area (Å²) in [5.74, 6) is -0.989. The molecule has 0 saturated heterocycles. The van der Waals surface area contributed by atoms with E-state index in [2.05, 4.69) is 0 Å². The van der Waals surface area contributed by atoms with Gasteiger partial charge in [0.1, 0.15) is 0 Å². The highest BCUT2D eigenvalue weighted by molar-refractivity contribution is 5.96. The molecule has 5 nitrogen and oxygen atoms in total. The molecule has 19 heavy (non-hydrogen) atoms. The van der Waals surface area contributed by atoms with Gasteiger partial charge in [-0.3, -0.25) is 0 Å². The number of carbonyl (C=O) groups is 1. The van der Waals surface area contributed by atoms with E-state index in [1.807, 2.05) is 11.5 Å². The van der Waals surface area contributed by atoms with E-state index < -0.39 is 12.1 Å². The van der Waals surface area contributed by atoms with Crippen molar-refractivity contribution in [2.45, 2.75) is 26.5 Å². The fourth-order valence-corrected chi connectivity index (χ4v) is 2.42. The molecule has 2 rings (SSSR count). The van der Waals surface area contributed by atoms with E-state index in [0.717, 1.165) is 16.5 Å². The highest BCUT2D eigenvalue weighted by Crippen LogP contribution is 2.30. The van der Waals surface area contributed by atoms with E-state index in [4.69, 9.17) is 10.2 Å². The molecule has 2 aromatic rings. The smallest absolute Gasteiger partial charge is 0.335 e. The largest absolute Gasteiger partial charge is 0.478 e. The van der Waals surface area contributed by atoms with Crippen LogP contribution in [0.15, 0.2) is 18.3 Å². The minimum atomic E-state index is -0.989. The second-order valence-corrected chi connectivity index (χ2v) is 4.67. The van der Waals surface area contributed by atoms with Crippen molar-refractivity contribution in [2.24, 2.45) is 0 Å². The lowest BCUT2D eigenvalue weighted by Gasteiger charge is -2.07. The van der Waals surface area contributed by atoms with Crippen LogP contribution in [0.4, 0.5) is 0 Å². The number of benzene rings is 1. The first-order valence-corrected chi connectivity index (χ1v) is 6.11. The Bertz CT molecular complexity index is 628. The van der Waals surface area contributed by atoms with Gasteiger partial charge in [-0.2, -0.15) is 0 Å². The molecular weight excluding hydrogens is 246 g/mol. The summed E-state index contributed by atoms with van der Waals surface area (Å²) in [5.41, 5.74) is 2.55. The van der Waals surface area contributed by atoms with Gasteiger partial charge in [-0.25, -0.2) is 4.79 Å². The van der Waals surface area contributed by atoms with Gasteiger partial charge < -0.3 is 19.9 Å². The maximum Gasteiger partial charge on any atom is 0.335 e. The number of aryl methyl sites for hydroxylation is 1. The molecule has 0 bridgehead atoms. The van der Waals surface area contributed by atoms with Crippen LogP contribution in [-0.2, 0) is 6.54 Å². The second kappa shape index (κ2) is 5.03. The van der Waals surface area contributed by atoms with Crippen LogP contribution in [0.5, 0.6) is 0 Å². The molecule has 0 amide bonds. The van der Waals surface area contributed by atoms with Gasteiger partial charge in [0.2, 0.25) is 0 Å². The molecule has 102 valence electrons. The van der Waals surface area contributed by atoms with Crippen LogP contribution in [-0.4, -0.2) is 32.5 Å². The summed E-state index contributed by atoms with van der Waals surface area (Å²) in [4.78, 5) is 11.1. The van der Waals surface area contributed by atoms with Gasteiger partial charge in [0.25, 0.3) is 0 Å². The third kappa shape index (κ3) is 2.34. The Balaban J connectivity index is 2.78.